The molecule has 2 heterocycles. The minimum Gasteiger partial charge on any atom is -0.312 e. The lowest BCUT2D eigenvalue weighted by Crippen LogP contribution is -2.40. The highest BCUT2D eigenvalue weighted by Crippen LogP contribution is 2.24. The van der Waals surface area contributed by atoms with Crippen molar-refractivity contribution in [2.75, 3.05) is 19.6 Å². The number of nitrogens with zero attached hydrogens (tertiary/aromatic N) is 2. The van der Waals surface area contributed by atoms with Crippen molar-refractivity contribution in [1.82, 2.24) is 10.3 Å². The Labute approximate surface area is 65.9 Å². The molecule has 0 aromatic carbocycles. The topological polar surface area (TPSA) is 44.7 Å². The van der Waals surface area contributed by atoms with Gasteiger partial charge < -0.3 is 5.32 Å². The van der Waals surface area contributed by atoms with Gasteiger partial charge >= 0.3 is 0 Å². The number of nitrogens with one attached hydrogen (secondary N) is 1. The van der Waals surface area contributed by atoms with Crippen molar-refractivity contribution in [2.24, 2.45) is 11.2 Å². The van der Waals surface area contributed by atoms with Gasteiger partial charge in [-0.25, -0.2) is 0 Å². The summed E-state index contributed by atoms with van der Waals surface area (Å²) in [7, 11) is 0. The molecule has 0 aromatic rings. The summed E-state index contributed by atoms with van der Waals surface area (Å²) in [5, 5.41) is 7.99. The van der Waals surface area contributed by atoms with E-state index in [4.69, 9.17) is 0 Å². The Kier molecular flexibility index (Phi) is 1.77. The molecule has 4 nitrogen and oxygen atoms in total. The number of fused-ring (bicyclic) bond motifs is 1. The van der Waals surface area contributed by atoms with Crippen LogP contribution in [0.4, 0.5) is 0 Å². The molecular formula is C7H13N3O. The van der Waals surface area contributed by atoms with E-state index in [9.17, 15) is 4.91 Å². The van der Waals surface area contributed by atoms with Crippen molar-refractivity contribution >= 4 is 0 Å². The quantitative estimate of drug-likeness (QED) is 0.556. The van der Waals surface area contributed by atoms with E-state index in [1.807, 2.05) is 0 Å². The fourth-order valence-corrected chi connectivity index (χ4v) is 2.09. The van der Waals surface area contributed by atoms with Crippen LogP contribution in [0.1, 0.15) is 12.8 Å². The normalized spacial score (nSPS) is 36.9. The molecule has 2 rings (SSSR count). The number of piperidine rings is 1. The lowest BCUT2D eigenvalue weighted by Gasteiger charge is -2.24. The van der Waals surface area contributed by atoms with E-state index in [2.05, 4.69) is 10.6 Å². The first-order valence-electron chi connectivity index (χ1n) is 4.22. The predicted molar refractivity (Wildman–Crippen MR) is 41.9 cm³/mol. The lowest BCUT2D eigenvalue weighted by atomic mass is 9.94. The first kappa shape index (κ1) is 7.03. The Morgan fingerprint density at radius 2 is 2.36 bits per heavy atom. The number of rotatable bonds is 1. The van der Waals surface area contributed by atoms with Gasteiger partial charge in [0, 0.05) is 12.6 Å². The minimum atomic E-state index is 0.529. The fraction of sp³-hybridized carbons (Fsp3) is 1.00. The molecule has 0 aromatic heterocycles. The van der Waals surface area contributed by atoms with Crippen LogP contribution in [0.3, 0.4) is 0 Å². The van der Waals surface area contributed by atoms with E-state index in [1.165, 1.54) is 12.8 Å². The second-order valence-electron chi connectivity index (χ2n) is 3.42. The van der Waals surface area contributed by atoms with Crippen LogP contribution in [0, 0.1) is 10.8 Å². The first-order valence-corrected chi connectivity index (χ1v) is 4.22. The number of nitroso groups, excluding NO2 is 1. The van der Waals surface area contributed by atoms with E-state index < -0.39 is 0 Å². The highest BCUT2D eigenvalue weighted by molar-refractivity contribution is 4.90. The molecule has 2 atom stereocenters. The average Bonchev–Trinajstić information content (AvgIpc) is 2.46. The molecule has 62 valence electrons. The Bertz CT molecular complexity index is 148. The number of hydrogen-bond acceptors (Lipinski definition) is 3. The largest absolute Gasteiger partial charge is 0.312 e. The summed E-state index contributed by atoms with van der Waals surface area (Å²) in [6.45, 7) is 2.78. The van der Waals surface area contributed by atoms with E-state index in [0.717, 1.165) is 19.6 Å². The van der Waals surface area contributed by atoms with Crippen molar-refractivity contribution in [1.29, 1.82) is 0 Å². The van der Waals surface area contributed by atoms with Crippen molar-refractivity contribution in [3.8, 4) is 0 Å². The Morgan fingerprint density at radius 3 is 3.09 bits per heavy atom. The predicted octanol–water partition coefficient (Wildman–Crippen LogP) is 0.352. The van der Waals surface area contributed by atoms with E-state index >= 15 is 0 Å². The molecular weight excluding hydrogens is 142 g/mol. The van der Waals surface area contributed by atoms with Crippen LogP contribution in [-0.4, -0.2) is 30.7 Å². The lowest BCUT2D eigenvalue weighted by molar-refractivity contribution is 0.329. The van der Waals surface area contributed by atoms with Crippen LogP contribution < -0.4 is 5.32 Å². The number of hydrogen-bond donors (Lipinski definition) is 1. The maximum absolute atomic E-state index is 10.2. The van der Waals surface area contributed by atoms with Crippen LogP contribution in [0.2, 0.25) is 0 Å². The second-order valence-corrected chi connectivity index (χ2v) is 3.42. The highest BCUT2D eigenvalue weighted by atomic mass is 16.3. The van der Waals surface area contributed by atoms with Gasteiger partial charge in [-0.15, -0.1) is 4.91 Å². The van der Waals surface area contributed by atoms with Gasteiger partial charge in [-0.1, -0.05) is 0 Å². The van der Waals surface area contributed by atoms with Crippen LogP contribution in [0.25, 0.3) is 0 Å². The van der Waals surface area contributed by atoms with Crippen LogP contribution in [0.15, 0.2) is 5.29 Å². The summed E-state index contributed by atoms with van der Waals surface area (Å²) in [6, 6.07) is 0.529. The molecule has 0 aliphatic carbocycles. The van der Waals surface area contributed by atoms with Gasteiger partial charge in [0.25, 0.3) is 0 Å². The highest BCUT2D eigenvalue weighted by Gasteiger charge is 2.34. The first-order chi connectivity index (χ1) is 5.40. The third kappa shape index (κ3) is 1.22. The molecule has 0 radical (unpaired) electrons. The van der Waals surface area contributed by atoms with Crippen molar-refractivity contribution in [2.45, 2.75) is 18.9 Å². The smallest absolute Gasteiger partial charge is 0.0549 e. The zero-order valence-electron chi connectivity index (χ0n) is 6.49. The standard InChI is InChI=1S/C7H13N3O/c11-9-10-4-6-2-1-3-8-7(6)5-10/h6-8H,1-5H2/t6-,7+/m1/s1. The molecule has 2 aliphatic rings. The van der Waals surface area contributed by atoms with Gasteiger partial charge in [0.15, 0.2) is 0 Å². The molecule has 4 heteroatoms. The van der Waals surface area contributed by atoms with Crippen LogP contribution >= 0.6 is 0 Å². The molecule has 2 saturated heterocycles. The van der Waals surface area contributed by atoms with Gasteiger partial charge in [0.1, 0.15) is 0 Å². The minimum absolute atomic E-state index is 0.529. The Balaban J connectivity index is 1.97. The maximum Gasteiger partial charge on any atom is 0.0549 e. The van der Waals surface area contributed by atoms with Gasteiger partial charge in [0.2, 0.25) is 0 Å². The third-order valence-electron chi connectivity index (χ3n) is 2.70. The molecule has 0 bridgehead atoms. The summed E-state index contributed by atoms with van der Waals surface area (Å²) in [6.07, 6.45) is 2.50. The molecule has 0 spiro atoms. The van der Waals surface area contributed by atoms with E-state index in [0.29, 0.717) is 12.0 Å². The maximum atomic E-state index is 10.2. The molecule has 1 N–H and O–H groups in total. The summed E-state index contributed by atoms with van der Waals surface area (Å²) in [5.74, 6) is 0.668. The zero-order chi connectivity index (χ0) is 7.68. The van der Waals surface area contributed by atoms with Gasteiger partial charge in [0.05, 0.1) is 11.8 Å². The Hall–Kier alpha value is -0.640. The molecule has 2 aliphatic heterocycles. The molecule has 0 saturated carbocycles. The summed E-state index contributed by atoms with van der Waals surface area (Å²) >= 11 is 0. The Morgan fingerprint density at radius 1 is 1.45 bits per heavy atom. The summed E-state index contributed by atoms with van der Waals surface area (Å²) in [4.78, 5) is 10.2. The second kappa shape index (κ2) is 2.77. The van der Waals surface area contributed by atoms with Gasteiger partial charge in [-0.05, 0) is 25.3 Å². The van der Waals surface area contributed by atoms with Crippen molar-refractivity contribution in [3.63, 3.8) is 0 Å². The van der Waals surface area contributed by atoms with E-state index in [-0.39, 0.29) is 0 Å². The molecule has 11 heavy (non-hydrogen) atoms. The average molecular weight is 155 g/mol. The van der Waals surface area contributed by atoms with Gasteiger partial charge in [-0.3, -0.25) is 5.01 Å². The fourth-order valence-electron chi connectivity index (χ4n) is 2.09. The SMILES string of the molecule is O=NN1C[C@H]2CCCN[C@H]2C1. The zero-order valence-corrected chi connectivity index (χ0v) is 6.49. The van der Waals surface area contributed by atoms with E-state index in [1.54, 1.807) is 5.01 Å². The summed E-state index contributed by atoms with van der Waals surface area (Å²) < 4.78 is 0. The molecule has 2 fully saturated rings. The van der Waals surface area contributed by atoms with Crippen molar-refractivity contribution < 1.29 is 0 Å². The summed E-state index contributed by atoms with van der Waals surface area (Å²) in [5.41, 5.74) is 0. The van der Waals surface area contributed by atoms with Gasteiger partial charge in [-0.2, -0.15) is 0 Å². The third-order valence-corrected chi connectivity index (χ3v) is 2.70. The van der Waals surface area contributed by atoms with Crippen LogP contribution in [0.5, 0.6) is 0 Å². The van der Waals surface area contributed by atoms with Crippen LogP contribution in [-0.2, 0) is 0 Å². The monoisotopic (exact) mass is 155 g/mol. The molecule has 0 amide bonds. The molecule has 0 unspecified atom stereocenters. The van der Waals surface area contributed by atoms with Crippen molar-refractivity contribution in [3.05, 3.63) is 4.91 Å².